The van der Waals surface area contributed by atoms with Crippen molar-refractivity contribution in [2.24, 2.45) is 5.92 Å². The van der Waals surface area contributed by atoms with Crippen LogP contribution in [0.5, 0.6) is 0 Å². The molecule has 0 aliphatic heterocycles. The first kappa shape index (κ1) is 14.6. The molecule has 2 aromatic rings. The standard InChI is InChI=1S/C17H19NO4/c19-16(20)14-9-12-5-6-13(10-15(12)22-17(14)21)18-8-7-11-3-1-2-4-11/h5-6,9-11,18H,1-4,7-8H2,(H,19,20). The molecule has 0 bridgehead atoms. The first-order valence-corrected chi connectivity index (χ1v) is 7.68. The summed E-state index contributed by atoms with van der Waals surface area (Å²) in [6, 6.07) is 6.74. The molecule has 0 saturated heterocycles. The highest BCUT2D eigenvalue weighted by Gasteiger charge is 2.14. The van der Waals surface area contributed by atoms with Crippen LogP contribution in [0.2, 0.25) is 0 Å². The zero-order valence-electron chi connectivity index (χ0n) is 12.3. The van der Waals surface area contributed by atoms with Crippen LogP contribution in [0.1, 0.15) is 42.5 Å². The Morgan fingerprint density at radius 3 is 2.77 bits per heavy atom. The fourth-order valence-corrected chi connectivity index (χ4v) is 3.09. The fourth-order valence-electron chi connectivity index (χ4n) is 3.09. The molecule has 1 aliphatic carbocycles. The third-order valence-electron chi connectivity index (χ3n) is 4.32. The highest BCUT2D eigenvalue weighted by atomic mass is 16.4. The zero-order chi connectivity index (χ0) is 15.5. The second-order valence-corrected chi connectivity index (χ2v) is 5.87. The van der Waals surface area contributed by atoms with Crippen LogP contribution in [0, 0.1) is 5.92 Å². The zero-order valence-corrected chi connectivity index (χ0v) is 12.3. The lowest BCUT2D eigenvalue weighted by Crippen LogP contribution is -2.13. The van der Waals surface area contributed by atoms with E-state index in [-0.39, 0.29) is 5.56 Å². The number of fused-ring (bicyclic) bond motifs is 1. The predicted octanol–water partition coefficient (Wildman–Crippen LogP) is 3.48. The smallest absolute Gasteiger partial charge is 0.351 e. The molecule has 116 valence electrons. The average molecular weight is 301 g/mol. The molecule has 1 aromatic heterocycles. The van der Waals surface area contributed by atoms with Crippen molar-refractivity contribution >= 4 is 22.6 Å². The Labute approximate surface area is 127 Å². The van der Waals surface area contributed by atoms with Crippen molar-refractivity contribution in [3.05, 3.63) is 40.2 Å². The first-order chi connectivity index (χ1) is 10.6. The van der Waals surface area contributed by atoms with Crippen molar-refractivity contribution in [3.8, 4) is 0 Å². The highest BCUT2D eigenvalue weighted by Crippen LogP contribution is 2.27. The maximum atomic E-state index is 11.6. The van der Waals surface area contributed by atoms with E-state index in [0.29, 0.717) is 11.0 Å². The summed E-state index contributed by atoms with van der Waals surface area (Å²) >= 11 is 0. The number of benzene rings is 1. The number of hydrogen-bond acceptors (Lipinski definition) is 4. The van der Waals surface area contributed by atoms with Gasteiger partial charge < -0.3 is 14.8 Å². The number of carboxylic acids is 1. The van der Waals surface area contributed by atoms with Crippen molar-refractivity contribution in [2.75, 3.05) is 11.9 Å². The Morgan fingerprint density at radius 1 is 1.27 bits per heavy atom. The maximum Gasteiger partial charge on any atom is 0.351 e. The van der Waals surface area contributed by atoms with Crippen LogP contribution in [0.3, 0.4) is 0 Å². The van der Waals surface area contributed by atoms with Crippen LogP contribution in [0.25, 0.3) is 11.0 Å². The Bertz CT molecular complexity index is 744. The summed E-state index contributed by atoms with van der Waals surface area (Å²) in [6.45, 7) is 0.896. The van der Waals surface area contributed by atoms with Gasteiger partial charge in [-0.25, -0.2) is 9.59 Å². The normalized spacial score (nSPS) is 15.3. The van der Waals surface area contributed by atoms with Gasteiger partial charge in [-0.05, 0) is 30.5 Å². The molecule has 1 aliphatic rings. The minimum absolute atomic E-state index is 0.338. The minimum Gasteiger partial charge on any atom is -0.477 e. The maximum absolute atomic E-state index is 11.6. The van der Waals surface area contributed by atoms with Crippen LogP contribution in [0.4, 0.5) is 5.69 Å². The molecule has 0 atom stereocenters. The Balaban J connectivity index is 1.73. The SMILES string of the molecule is O=C(O)c1cc2ccc(NCCC3CCCC3)cc2oc1=O. The molecule has 5 heteroatoms. The second kappa shape index (κ2) is 6.22. The van der Waals surface area contributed by atoms with Crippen LogP contribution < -0.4 is 10.9 Å². The van der Waals surface area contributed by atoms with Crippen LogP contribution >= 0.6 is 0 Å². The summed E-state index contributed by atoms with van der Waals surface area (Å²) in [5, 5.41) is 12.9. The summed E-state index contributed by atoms with van der Waals surface area (Å²) in [6.07, 6.45) is 6.49. The quantitative estimate of drug-likeness (QED) is 0.826. The number of anilines is 1. The Hall–Kier alpha value is -2.30. The fraction of sp³-hybridized carbons (Fsp3) is 0.412. The molecule has 2 N–H and O–H groups in total. The predicted molar refractivity (Wildman–Crippen MR) is 84.5 cm³/mol. The van der Waals surface area contributed by atoms with Gasteiger partial charge in [-0.1, -0.05) is 25.7 Å². The molecule has 0 amide bonds. The Kier molecular flexibility index (Phi) is 4.13. The summed E-state index contributed by atoms with van der Waals surface area (Å²) in [4.78, 5) is 22.5. The minimum atomic E-state index is -1.27. The highest BCUT2D eigenvalue weighted by molar-refractivity contribution is 5.92. The van der Waals surface area contributed by atoms with E-state index in [2.05, 4.69) is 5.32 Å². The molecular weight excluding hydrogens is 282 g/mol. The molecular formula is C17H19NO4. The van der Waals surface area contributed by atoms with Crippen LogP contribution in [0.15, 0.2) is 33.5 Å². The van der Waals surface area contributed by atoms with Gasteiger partial charge in [0.2, 0.25) is 0 Å². The van der Waals surface area contributed by atoms with Gasteiger partial charge in [-0.15, -0.1) is 0 Å². The van der Waals surface area contributed by atoms with Gasteiger partial charge in [0.15, 0.2) is 0 Å². The lowest BCUT2D eigenvalue weighted by Gasteiger charge is -2.11. The van der Waals surface area contributed by atoms with Gasteiger partial charge in [0.25, 0.3) is 0 Å². The van der Waals surface area contributed by atoms with E-state index in [1.165, 1.54) is 31.7 Å². The van der Waals surface area contributed by atoms with Crippen molar-refractivity contribution < 1.29 is 14.3 Å². The molecule has 1 heterocycles. The molecule has 1 saturated carbocycles. The van der Waals surface area contributed by atoms with Crippen molar-refractivity contribution in [3.63, 3.8) is 0 Å². The molecule has 1 aromatic carbocycles. The number of carboxylic acid groups (broad SMARTS) is 1. The molecule has 5 nitrogen and oxygen atoms in total. The summed E-state index contributed by atoms with van der Waals surface area (Å²) in [5.41, 5.74) is 0.134. The lowest BCUT2D eigenvalue weighted by atomic mass is 10.0. The van der Waals surface area contributed by atoms with E-state index in [1.807, 2.05) is 6.07 Å². The summed E-state index contributed by atoms with van der Waals surface area (Å²) in [5.74, 6) is -0.446. The van der Waals surface area contributed by atoms with E-state index in [1.54, 1.807) is 12.1 Å². The second-order valence-electron chi connectivity index (χ2n) is 5.87. The van der Waals surface area contributed by atoms with E-state index < -0.39 is 11.6 Å². The topological polar surface area (TPSA) is 79.5 Å². The van der Waals surface area contributed by atoms with Gasteiger partial charge >= 0.3 is 11.6 Å². The van der Waals surface area contributed by atoms with Crippen LogP contribution in [-0.2, 0) is 0 Å². The summed E-state index contributed by atoms with van der Waals surface area (Å²) < 4.78 is 5.10. The number of nitrogens with one attached hydrogen (secondary N) is 1. The van der Waals surface area contributed by atoms with E-state index >= 15 is 0 Å². The van der Waals surface area contributed by atoms with E-state index in [4.69, 9.17) is 9.52 Å². The average Bonchev–Trinajstić information content (AvgIpc) is 2.99. The van der Waals surface area contributed by atoms with Gasteiger partial charge in [-0.2, -0.15) is 0 Å². The van der Waals surface area contributed by atoms with Gasteiger partial charge in [0, 0.05) is 23.7 Å². The Morgan fingerprint density at radius 2 is 2.05 bits per heavy atom. The van der Waals surface area contributed by atoms with Gasteiger partial charge in [-0.3, -0.25) is 0 Å². The van der Waals surface area contributed by atoms with E-state index in [0.717, 1.165) is 24.6 Å². The monoisotopic (exact) mass is 301 g/mol. The molecule has 1 fully saturated rings. The molecule has 0 radical (unpaired) electrons. The van der Waals surface area contributed by atoms with Crippen molar-refractivity contribution in [1.29, 1.82) is 0 Å². The number of rotatable bonds is 5. The lowest BCUT2D eigenvalue weighted by molar-refractivity contribution is 0.0692. The third-order valence-corrected chi connectivity index (χ3v) is 4.32. The number of aromatic carboxylic acids is 1. The molecule has 22 heavy (non-hydrogen) atoms. The van der Waals surface area contributed by atoms with Gasteiger partial charge in [0.05, 0.1) is 0 Å². The molecule has 3 rings (SSSR count). The molecule has 0 spiro atoms. The van der Waals surface area contributed by atoms with E-state index in [9.17, 15) is 9.59 Å². The van der Waals surface area contributed by atoms with Crippen LogP contribution in [-0.4, -0.2) is 17.6 Å². The number of carbonyl (C=O) groups is 1. The number of hydrogen-bond donors (Lipinski definition) is 2. The van der Waals surface area contributed by atoms with Crippen molar-refractivity contribution in [1.82, 2.24) is 0 Å². The van der Waals surface area contributed by atoms with Gasteiger partial charge in [0.1, 0.15) is 11.1 Å². The third kappa shape index (κ3) is 3.13. The first-order valence-electron chi connectivity index (χ1n) is 7.68. The van der Waals surface area contributed by atoms with Crippen molar-refractivity contribution in [2.45, 2.75) is 32.1 Å². The molecule has 0 unspecified atom stereocenters. The largest absolute Gasteiger partial charge is 0.477 e. The summed E-state index contributed by atoms with van der Waals surface area (Å²) in [7, 11) is 0.